The molecule has 0 aromatic carbocycles. The van der Waals surface area contributed by atoms with Crippen LogP contribution in [0.4, 0.5) is 0 Å². The van der Waals surface area contributed by atoms with Gasteiger partial charge in [0.15, 0.2) is 0 Å². The molecule has 1 aromatic heterocycles. The minimum atomic E-state index is 0.591. The highest BCUT2D eigenvalue weighted by Gasteiger charge is 2.39. The first-order valence-electron chi connectivity index (χ1n) is 6.08. The molecular formula is C11H21N5. The van der Waals surface area contributed by atoms with Crippen molar-refractivity contribution in [1.29, 1.82) is 0 Å². The topological polar surface area (TPSA) is 68.8 Å². The lowest BCUT2D eigenvalue weighted by Crippen LogP contribution is -2.23. The Bertz CT molecular complexity index is 329. The lowest BCUT2D eigenvalue weighted by atomic mass is 10.0. The number of hydrogen-bond donors (Lipinski definition) is 2. The van der Waals surface area contributed by atoms with E-state index in [1.807, 2.05) is 6.20 Å². The van der Waals surface area contributed by atoms with Crippen molar-refractivity contribution in [1.82, 2.24) is 20.3 Å². The molecule has 1 fully saturated rings. The van der Waals surface area contributed by atoms with Gasteiger partial charge in [-0.1, -0.05) is 12.1 Å². The van der Waals surface area contributed by atoms with Crippen LogP contribution in [-0.4, -0.2) is 28.1 Å². The van der Waals surface area contributed by atoms with E-state index in [9.17, 15) is 0 Å². The molecule has 5 nitrogen and oxygen atoms in total. The van der Waals surface area contributed by atoms with Gasteiger partial charge in [0.1, 0.15) is 0 Å². The van der Waals surface area contributed by atoms with Gasteiger partial charge in [-0.2, -0.15) is 0 Å². The number of hydrogen-bond acceptors (Lipinski definition) is 4. The maximum Gasteiger partial charge on any atom is 0.0964 e. The fourth-order valence-electron chi connectivity index (χ4n) is 1.95. The molecule has 2 rings (SSSR count). The smallest absolute Gasteiger partial charge is 0.0964 e. The van der Waals surface area contributed by atoms with E-state index in [1.54, 1.807) is 4.68 Å². The maximum atomic E-state index is 5.45. The summed E-state index contributed by atoms with van der Waals surface area (Å²) in [4.78, 5) is 0. The molecule has 1 saturated carbocycles. The average Bonchev–Trinajstić information content (AvgIpc) is 2.94. The van der Waals surface area contributed by atoms with E-state index >= 15 is 0 Å². The zero-order valence-corrected chi connectivity index (χ0v) is 9.95. The van der Waals surface area contributed by atoms with Gasteiger partial charge in [-0.3, -0.25) is 4.68 Å². The van der Waals surface area contributed by atoms with Crippen molar-refractivity contribution in [3.63, 3.8) is 0 Å². The highest BCUT2D eigenvalue weighted by Crippen LogP contribution is 2.47. The number of nitrogens with two attached hydrogens (primary N) is 1. The van der Waals surface area contributed by atoms with Crippen LogP contribution in [0.25, 0.3) is 0 Å². The molecule has 0 aliphatic heterocycles. The van der Waals surface area contributed by atoms with Crippen LogP contribution in [0.15, 0.2) is 6.20 Å². The first kappa shape index (κ1) is 11.5. The van der Waals surface area contributed by atoms with Gasteiger partial charge in [0, 0.05) is 25.8 Å². The normalized spacial score (nSPS) is 17.6. The largest absolute Gasteiger partial charge is 0.329 e. The van der Waals surface area contributed by atoms with Crippen molar-refractivity contribution in [3.8, 4) is 0 Å². The van der Waals surface area contributed by atoms with Crippen LogP contribution in [0.3, 0.4) is 0 Å². The molecule has 0 amide bonds. The molecule has 0 radical (unpaired) electrons. The average molecular weight is 223 g/mol. The molecule has 3 N–H and O–H groups in total. The Morgan fingerprint density at radius 2 is 2.38 bits per heavy atom. The van der Waals surface area contributed by atoms with Crippen molar-refractivity contribution in [2.45, 2.75) is 39.3 Å². The summed E-state index contributed by atoms with van der Waals surface area (Å²) in [6.07, 6.45) is 5.98. The SMILES string of the molecule is CCC1(CNCc2cn(CCN)nn2)CC1. The second-order valence-electron chi connectivity index (χ2n) is 4.72. The predicted molar refractivity (Wildman–Crippen MR) is 62.7 cm³/mol. The summed E-state index contributed by atoms with van der Waals surface area (Å²) in [5.41, 5.74) is 7.04. The van der Waals surface area contributed by atoms with Gasteiger partial charge >= 0.3 is 0 Å². The summed E-state index contributed by atoms with van der Waals surface area (Å²) in [6, 6.07) is 0. The minimum absolute atomic E-state index is 0.591. The molecule has 0 bridgehead atoms. The Kier molecular flexibility index (Phi) is 3.56. The van der Waals surface area contributed by atoms with Crippen LogP contribution in [0.1, 0.15) is 31.9 Å². The van der Waals surface area contributed by atoms with Gasteiger partial charge in [0.05, 0.1) is 12.2 Å². The van der Waals surface area contributed by atoms with Gasteiger partial charge in [-0.05, 0) is 24.7 Å². The molecule has 0 unspecified atom stereocenters. The molecule has 5 heteroatoms. The summed E-state index contributed by atoms with van der Waals surface area (Å²) in [6.45, 7) is 5.53. The van der Waals surface area contributed by atoms with Gasteiger partial charge in [0.25, 0.3) is 0 Å². The summed E-state index contributed by atoms with van der Waals surface area (Å²) in [5, 5.41) is 11.6. The monoisotopic (exact) mass is 223 g/mol. The van der Waals surface area contributed by atoms with Gasteiger partial charge in [0.2, 0.25) is 0 Å². The molecule has 1 aromatic rings. The zero-order chi connectivity index (χ0) is 11.4. The van der Waals surface area contributed by atoms with E-state index in [-0.39, 0.29) is 0 Å². The van der Waals surface area contributed by atoms with Crippen molar-refractivity contribution < 1.29 is 0 Å². The van der Waals surface area contributed by atoms with Crippen LogP contribution >= 0.6 is 0 Å². The van der Waals surface area contributed by atoms with E-state index in [2.05, 4.69) is 22.6 Å². The first-order valence-corrected chi connectivity index (χ1v) is 6.08. The zero-order valence-electron chi connectivity index (χ0n) is 9.95. The molecule has 1 aliphatic carbocycles. The number of nitrogens with zero attached hydrogens (tertiary/aromatic N) is 3. The molecule has 1 aliphatic rings. The third kappa shape index (κ3) is 2.80. The van der Waals surface area contributed by atoms with E-state index in [0.717, 1.165) is 25.3 Å². The van der Waals surface area contributed by atoms with E-state index in [4.69, 9.17) is 5.73 Å². The predicted octanol–water partition coefficient (Wildman–Crippen LogP) is 0.517. The second kappa shape index (κ2) is 4.93. The summed E-state index contributed by atoms with van der Waals surface area (Å²) in [7, 11) is 0. The van der Waals surface area contributed by atoms with Crippen molar-refractivity contribution in [2.24, 2.45) is 11.1 Å². The number of rotatable bonds is 7. The number of aromatic nitrogens is 3. The van der Waals surface area contributed by atoms with E-state index < -0.39 is 0 Å². The van der Waals surface area contributed by atoms with E-state index in [0.29, 0.717) is 12.0 Å². The van der Waals surface area contributed by atoms with Gasteiger partial charge < -0.3 is 11.1 Å². The van der Waals surface area contributed by atoms with Crippen LogP contribution in [-0.2, 0) is 13.1 Å². The Morgan fingerprint density at radius 3 is 3.00 bits per heavy atom. The van der Waals surface area contributed by atoms with E-state index in [1.165, 1.54) is 19.3 Å². The lowest BCUT2D eigenvalue weighted by Gasteiger charge is -2.11. The fourth-order valence-corrected chi connectivity index (χ4v) is 1.95. The van der Waals surface area contributed by atoms with Crippen LogP contribution in [0, 0.1) is 5.41 Å². The van der Waals surface area contributed by atoms with Gasteiger partial charge in [-0.15, -0.1) is 5.10 Å². The van der Waals surface area contributed by atoms with Crippen molar-refractivity contribution in [3.05, 3.63) is 11.9 Å². The van der Waals surface area contributed by atoms with Crippen molar-refractivity contribution in [2.75, 3.05) is 13.1 Å². The molecule has 0 spiro atoms. The molecule has 90 valence electrons. The fraction of sp³-hybridized carbons (Fsp3) is 0.818. The third-order valence-corrected chi connectivity index (χ3v) is 3.46. The maximum absolute atomic E-state index is 5.45. The van der Waals surface area contributed by atoms with Crippen LogP contribution in [0.2, 0.25) is 0 Å². The molecular weight excluding hydrogens is 202 g/mol. The van der Waals surface area contributed by atoms with Crippen LogP contribution in [0.5, 0.6) is 0 Å². The molecule has 1 heterocycles. The molecule has 0 atom stereocenters. The molecule has 16 heavy (non-hydrogen) atoms. The lowest BCUT2D eigenvalue weighted by molar-refractivity contribution is 0.442. The summed E-state index contributed by atoms with van der Waals surface area (Å²) >= 11 is 0. The third-order valence-electron chi connectivity index (χ3n) is 3.46. The summed E-state index contributed by atoms with van der Waals surface area (Å²) in [5.74, 6) is 0. The minimum Gasteiger partial charge on any atom is -0.329 e. The Hall–Kier alpha value is -0.940. The Labute approximate surface area is 96.4 Å². The number of nitrogens with one attached hydrogen (secondary N) is 1. The standard InChI is InChI=1S/C11H21N5/c1-2-11(3-4-11)9-13-7-10-8-16(6-5-12)15-14-10/h8,13H,2-7,9,12H2,1H3. The van der Waals surface area contributed by atoms with Crippen LogP contribution < -0.4 is 11.1 Å². The first-order chi connectivity index (χ1) is 7.78. The Balaban J connectivity index is 1.72. The highest BCUT2D eigenvalue weighted by atomic mass is 15.4. The Morgan fingerprint density at radius 1 is 1.56 bits per heavy atom. The highest BCUT2D eigenvalue weighted by molar-refractivity contribution is 4.96. The van der Waals surface area contributed by atoms with Crippen molar-refractivity contribution >= 4 is 0 Å². The quantitative estimate of drug-likeness (QED) is 0.707. The van der Waals surface area contributed by atoms with Gasteiger partial charge in [-0.25, -0.2) is 0 Å². The second-order valence-corrected chi connectivity index (χ2v) is 4.72. The molecule has 0 saturated heterocycles. The summed E-state index contributed by atoms with van der Waals surface area (Å²) < 4.78 is 1.80.